The predicted molar refractivity (Wildman–Crippen MR) is 101 cm³/mol. The quantitative estimate of drug-likeness (QED) is 0.550. The predicted octanol–water partition coefficient (Wildman–Crippen LogP) is 4.47. The Morgan fingerprint density at radius 1 is 0.680 bits per heavy atom. The Morgan fingerprint density at radius 2 is 1.40 bits per heavy atom. The fourth-order valence-electron chi connectivity index (χ4n) is 3.25. The van der Waals surface area contributed by atoms with E-state index in [4.69, 9.17) is 0 Å². The number of phenols is 1. The van der Waals surface area contributed by atoms with E-state index in [0.29, 0.717) is 5.75 Å². The molecular formula is C23H20NO+. The average molecular weight is 326 g/mol. The summed E-state index contributed by atoms with van der Waals surface area (Å²) in [5, 5.41) is 12.1. The third-order valence-electron chi connectivity index (χ3n) is 4.56. The van der Waals surface area contributed by atoms with Gasteiger partial charge < -0.3 is 5.11 Å². The second-order valence-electron chi connectivity index (χ2n) is 6.31. The second kappa shape index (κ2) is 6.78. The van der Waals surface area contributed by atoms with E-state index in [1.807, 2.05) is 18.2 Å². The summed E-state index contributed by atoms with van der Waals surface area (Å²) in [6.07, 6.45) is 3.00. The third-order valence-corrected chi connectivity index (χ3v) is 4.56. The molecule has 0 fully saturated rings. The lowest BCUT2D eigenvalue weighted by Crippen LogP contribution is -2.39. The first-order valence-electron chi connectivity index (χ1n) is 8.51. The van der Waals surface area contributed by atoms with Crippen LogP contribution in [0.15, 0.2) is 91.1 Å². The van der Waals surface area contributed by atoms with E-state index in [0.717, 1.165) is 13.0 Å². The van der Waals surface area contributed by atoms with E-state index >= 15 is 0 Å². The van der Waals surface area contributed by atoms with Crippen LogP contribution in [0.2, 0.25) is 0 Å². The number of aromatic nitrogens is 1. The van der Waals surface area contributed by atoms with Gasteiger partial charge in [-0.15, -0.1) is 0 Å². The highest BCUT2D eigenvalue weighted by Crippen LogP contribution is 2.20. The van der Waals surface area contributed by atoms with Crippen LogP contribution in [0.1, 0.15) is 16.8 Å². The van der Waals surface area contributed by atoms with Crippen molar-refractivity contribution in [3.05, 3.63) is 108 Å². The van der Waals surface area contributed by atoms with E-state index in [1.54, 1.807) is 12.1 Å². The molecule has 4 rings (SSSR count). The Kier molecular flexibility index (Phi) is 4.17. The van der Waals surface area contributed by atoms with Crippen molar-refractivity contribution in [2.75, 3.05) is 0 Å². The molecule has 0 aliphatic heterocycles. The first-order chi connectivity index (χ1) is 12.3. The fraction of sp³-hybridized carbons (Fsp3) is 0.0870. The number of benzene rings is 3. The zero-order chi connectivity index (χ0) is 17.1. The zero-order valence-corrected chi connectivity index (χ0v) is 14.0. The molecule has 3 aromatic carbocycles. The van der Waals surface area contributed by atoms with Crippen LogP contribution in [0.4, 0.5) is 0 Å². The van der Waals surface area contributed by atoms with Crippen molar-refractivity contribution in [1.82, 2.24) is 0 Å². The molecule has 0 saturated carbocycles. The minimum absolute atomic E-state index is 0.304. The number of fused-ring (bicyclic) bond motifs is 1. The Bertz CT molecular complexity index is 991. The van der Waals surface area contributed by atoms with Crippen molar-refractivity contribution in [3.8, 4) is 5.75 Å². The molecule has 0 saturated heterocycles. The molecule has 0 amide bonds. The average Bonchev–Trinajstić information content (AvgIpc) is 2.66. The molecule has 4 aromatic rings. The SMILES string of the molecule is Oc1ccc(Cc2c3ccccc3cc[n+]2Cc2ccccc2)cc1. The Hall–Kier alpha value is -3.13. The molecule has 25 heavy (non-hydrogen) atoms. The van der Waals surface area contributed by atoms with Gasteiger partial charge in [-0.25, -0.2) is 0 Å². The number of hydrogen-bond acceptors (Lipinski definition) is 1. The van der Waals surface area contributed by atoms with E-state index < -0.39 is 0 Å². The smallest absolute Gasteiger partial charge is 0.193 e. The minimum Gasteiger partial charge on any atom is -0.508 e. The van der Waals surface area contributed by atoms with Gasteiger partial charge in [-0.3, -0.25) is 0 Å². The normalized spacial score (nSPS) is 10.9. The summed E-state index contributed by atoms with van der Waals surface area (Å²) in [4.78, 5) is 0. The number of phenolic OH excluding ortho intramolecular Hbond substituents is 1. The summed E-state index contributed by atoms with van der Waals surface area (Å²) in [5.41, 5.74) is 3.76. The maximum Gasteiger partial charge on any atom is 0.193 e. The highest BCUT2D eigenvalue weighted by molar-refractivity contribution is 5.83. The lowest BCUT2D eigenvalue weighted by molar-refractivity contribution is -0.693. The Balaban J connectivity index is 1.80. The standard InChI is InChI=1S/C23H19NO/c25-21-12-10-18(11-13-21)16-23-22-9-5-4-8-20(22)14-15-24(23)17-19-6-2-1-3-7-19/h1-15H,16-17H2/p+1. The van der Waals surface area contributed by atoms with E-state index in [9.17, 15) is 5.11 Å². The van der Waals surface area contributed by atoms with E-state index in [-0.39, 0.29) is 0 Å². The molecule has 0 spiro atoms. The Labute approximate surface area is 147 Å². The number of pyridine rings is 1. The first kappa shape index (κ1) is 15.4. The summed E-state index contributed by atoms with van der Waals surface area (Å²) in [7, 11) is 0. The lowest BCUT2D eigenvalue weighted by Gasteiger charge is -2.08. The number of hydrogen-bond donors (Lipinski definition) is 1. The number of aromatic hydroxyl groups is 1. The summed E-state index contributed by atoms with van der Waals surface area (Å²) < 4.78 is 2.32. The van der Waals surface area contributed by atoms with Gasteiger partial charge in [0, 0.05) is 17.0 Å². The van der Waals surface area contributed by atoms with Crippen LogP contribution in [-0.4, -0.2) is 5.11 Å². The molecule has 0 unspecified atom stereocenters. The Morgan fingerprint density at radius 3 is 2.20 bits per heavy atom. The van der Waals surface area contributed by atoms with Gasteiger partial charge in [0.1, 0.15) is 5.75 Å². The molecule has 0 radical (unpaired) electrons. The van der Waals surface area contributed by atoms with Crippen molar-refractivity contribution in [3.63, 3.8) is 0 Å². The van der Waals surface area contributed by atoms with Gasteiger partial charge >= 0.3 is 0 Å². The maximum atomic E-state index is 9.54. The van der Waals surface area contributed by atoms with Gasteiger partial charge in [-0.1, -0.05) is 60.7 Å². The van der Waals surface area contributed by atoms with Crippen molar-refractivity contribution in [2.24, 2.45) is 0 Å². The molecule has 1 heterocycles. The summed E-state index contributed by atoms with van der Waals surface area (Å²) in [6, 6.07) is 28.7. The molecule has 2 nitrogen and oxygen atoms in total. The first-order valence-corrected chi connectivity index (χ1v) is 8.51. The van der Waals surface area contributed by atoms with Crippen molar-refractivity contribution in [2.45, 2.75) is 13.0 Å². The molecule has 0 aliphatic carbocycles. The largest absolute Gasteiger partial charge is 0.508 e. The van der Waals surface area contributed by atoms with Gasteiger partial charge in [0.2, 0.25) is 0 Å². The minimum atomic E-state index is 0.304. The van der Waals surface area contributed by atoms with E-state index in [1.165, 1.54) is 27.6 Å². The van der Waals surface area contributed by atoms with Crippen LogP contribution in [0.3, 0.4) is 0 Å². The summed E-state index contributed by atoms with van der Waals surface area (Å²) in [6.45, 7) is 0.846. The third kappa shape index (κ3) is 3.38. The van der Waals surface area contributed by atoms with Gasteiger partial charge in [0.05, 0.1) is 6.42 Å². The van der Waals surface area contributed by atoms with Crippen molar-refractivity contribution >= 4 is 10.8 Å². The highest BCUT2D eigenvalue weighted by Gasteiger charge is 2.16. The molecule has 122 valence electrons. The fourth-order valence-corrected chi connectivity index (χ4v) is 3.25. The molecule has 0 aliphatic rings. The topological polar surface area (TPSA) is 24.1 Å². The van der Waals surface area contributed by atoms with Crippen LogP contribution in [-0.2, 0) is 13.0 Å². The van der Waals surface area contributed by atoms with Gasteiger partial charge in [0.25, 0.3) is 0 Å². The second-order valence-corrected chi connectivity index (χ2v) is 6.31. The molecule has 0 bridgehead atoms. The molecular weight excluding hydrogens is 306 g/mol. The van der Waals surface area contributed by atoms with Crippen molar-refractivity contribution < 1.29 is 9.67 Å². The number of rotatable bonds is 4. The van der Waals surface area contributed by atoms with Crippen LogP contribution in [0, 0.1) is 0 Å². The van der Waals surface area contributed by atoms with Crippen molar-refractivity contribution in [1.29, 1.82) is 0 Å². The van der Waals surface area contributed by atoms with Crippen LogP contribution in [0.5, 0.6) is 5.75 Å². The maximum absolute atomic E-state index is 9.54. The zero-order valence-electron chi connectivity index (χ0n) is 14.0. The number of nitrogens with zero attached hydrogens (tertiary/aromatic N) is 1. The monoisotopic (exact) mass is 326 g/mol. The van der Waals surface area contributed by atoms with Gasteiger partial charge in [-0.2, -0.15) is 4.57 Å². The van der Waals surface area contributed by atoms with E-state index in [2.05, 4.69) is 65.4 Å². The van der Waals surface area contributed by atoms with Gasteiger partial charge in [0.15, 0.2) is 18.4 Å². The molecule has 0 atom stereocenters. The summed E-state index contributed by atoms with van der Waals surface area (Å²) in [5.74, 6) is 0.304. The molecule has 1 aromatic heterocycles. The highest BCUT2D eigenvalue weighted by atomic mass is 16.3. The lowest BCUT2D eigenvalue weighted by atomic mass is 10.0. The van der Waals surface area contributed by atoms with Gasteiger partial charge in [-0.05, 0) is 29.1 Å². The summed E-state index contributed by atoms with van der Waals surface area (Å²) >= 11 is 0. The molecule has 2 heteroatoms. The van der Waals surface area contributed by atoms with Crippen LogP contribution >= 0.6 is 0 Å². The van der Waals surface area contributed by atoms with Crippen LogP contribution in [0.25, 0.3) is 10.8 Å². The van der Waals surface area contributed by atoms with Crippen LogP contribution < -0.4 is 4.57 Å². The molecule has 1 N–H and O–H groups in total.